The fourth-order valence-electron chi connectivity index (χ4n) is 4.24. The van der Waals surface area contributed by atoms with Gasteiger partial charge >= 0.3 is 11.9 Å². The third-order valence-corrected chi connectivity index (χ3v) is 5.75. The molecule has 160 valence electrons. The van der Waals surface area contributed by atoms with E-state index >= 15 is 0 Å². The van der Waals surface area contributed by atoms with Gasteiger partial charge in [-0.1, -0.05) is 19.3 Å². The normalized spacial score (nSPS) is 30.0. The van der Waals surface area contributed by atoms with Gasteiger partial charge in [-0.05, 0) is 38.5 Å². The summed E-state index contributed by atoms with van der Waals surface area (Å²) in [7, 11) is 1.39. The molecule has 0 spiro atoms. The van der Waals surface area contributed by atoms with Crippen molar-refractivity contribution < 1.29 is 33.3 Å². The molecule has 1 aliphatic heterocycles. The molecule has 0 radical (unpaired) electrons. The van der Waals surface area contributed by atoms with Crippen LogP contribution in [-0.4, -0.2) is 50.4 Å². The minimum absolute atomic E-state index is 0.142. The lowest BCUT2D eigenvalue weighted by atomic mass is 9.80. The predicted octanol–water partition coefficient (Wildman–Crippen LogP) is 3.32. The largest absolute Gasteiger partial charge is 0.469 e. The Morgan fingerprint density at radius 3 is 2.61 bits per heavy atom. The van der Waals surface area contributed by atoms with Crippen molar-refractivity contribution in [1.29, 1.82) is 0 Å². The minimum atomic E-state index is -0.701. The van der Waals surface area contributed by atoms with Crippen molar-refractivity contribution in [3.63, 3.8) is 0 Å². The van der Waals surface area contributed by atoms with Gasteiger partial charge < -0.3 is 23.7 Å². The van der Waals surface area contributed by atoms with Crippen LogP contribution >= 0.6 is 0 Å². The van der Waals surface area contributed by atoms with Crippen LogP contribution in [0.1, 0.15) is 77.6 Å². The number of hydrogen-bond acceptors (Lipinski definition) is 7. The first-order valence-corrected chi connectivity index (χ1v) is 10.5. The van der Waals surface area contributed by atoms with Gasteiger partial charge in [0.1, 0.15) is 12.4 Å². The number of carbonyl (C=O) groups is 3. The van der Waals surface area contributed by atoms with Crippen molar-refractivity contribution in [2.24, 2.45) is 5.41 Å². The van der Waals surface area contributed by atoms with E-state index in [4.69, 9.17) is 14.2 Å². The van der Waals surface area contributed by atoms with Gasteiger partial charge in [0.15, 0.2) is 6.29 Å². The van der Waals surface area contributed by atoms with E-state index in [1.54, 1.807) is 0 Å². The molecule has 4 atom stereocenters. The third kappa shape index (κ3) is 6.85. The first kappa shape index (κ1) is 22.8. The van der Waals surface area contributed by atoms with Gasteiger partial charge in [0.05, 0.1) is 18.6 Å². The summed E-state index contributed by atoms with van der Waals surface area (Å²) in [6, 6.07) is 0. The van der Waals surface area contributed by atoms with Crippen LogP contribution in [0, 0.1) is 5.41 Å². The highest BCUT2D eigenvalue weighted by molar-refractivity contribution is 5.69. The van der Waals surface area contributed by atoms with Gasteiger partial charge in [-0.15, -0.1) is 0 Å². The van der Waals surface area contributed by atoms with Crippen LogP contribution in [0.4, 0.5) is 0 Å². The Kier molecular flexibility index (Phi) is 9.38. The van der Waals surface area contributed by atoms with E-state index in [2.05, 4.69) is 4.74 Å². The molecule has 7 nitrogen and oxygen atoms in total. The molecule has 1 heterocycles. The molecular weight excluding hydrogens is 364 g/mol. The highest BCUT2D eigenvalue weighted by atomic mass is 16.7. The lowest BCUT2D eigenvalue weighted by Crippen LogP contribution is -2.35. The molecule has 2 aliphatic rings. The van der Waals surface area contributed by atoms with E-state index in [1.807, 2.05) is 0 Å². The van der Waals surface area contributed by atoms with Crippen LogP contribution in [0.3, 0.4) is 0 Å². The second kappa shape index (κ2) is 11.5. The molecule has 0 amide bonds. The summed E-state index contributed by atoms with van der Waals surface area (Å²) in [6.07, 6.45) is 8.71. The number of hydrogen-bond donors (Lipinski definition) is 0. The van der Waals surface area contributed by atoms with E-state index in [1.165, 1.54) is 14.0 Å². The van der Waals surface area contributed by atoms with E-state index < -0.39 is 11.5 Å². The average Bonchev–Trinajstić information content (AvgIpc) is 3.01. The molecule has 0 bridgehead atoms. The summed E-state index contributed by atoms with van der Waals surface area (Å²) in [5.41, 5.74) is -0.701. The molecule has 1 unspecified atom stereocenters. The summed E-state index contributed by atoms with van der Waals surface area (Å²) in [6.45, 7) is 2.08. The molecule has 0 N–H and O–H groups in total. The summed E-state index contributed by atoms with van der Waals surface area (Å²) in [5.74, 6) is -0.566. The van der Waals surface area contributed by atoms with Crippen molar-refractivity contribution in [2.75, 3.05) is 13.7 Å². The molecule has 28 heavy (non-hydrogen) atoms. The van der Waals surface area contributed by atoms with E-state index in [0.29, 0.717) is 32.3 Å². The zero-order valence-electron chi connectivity index (χ0n) is 17.2. The average molecular weight is 398 g/mol. The number of esters is 2. The molecule has 0 aromatic carbocycles. The minimum Gasteiger partial charge on any atom is -0.469 e. The number of carbonyl (C=O) groups excluding carboxylic acids is 3. The van der Waals surface area contributed by atoms with Crippen LogP contribution in [0.15, 0.2) is 0 Å². The van der Waals surface area contributed by atoms with Gasteiger partial charge in [0.25, 0.3) is 0 Å². The Morgan fingerprint density at radius 1 is 1.18 bits per heavy atom. The smallest absolute Gasteiger partial charge is 0.305 e. The number of methoxy groups -OCH3 is 1. The van der Waals surface area contributed by atoms with Crippen LogP contribution < -0.4 is 0 Å². The van der Waals surface area contributed by atoms with Gasteiger partial charge in [-0.3, -0.25) is 9.59 Å². The van der Waals surface area contributed by atoms with Gasteiger partial charge in [-0.2, -0.15) is 0 Å². The Balaban J connectivity index is 1.86. The Labute approximate surface area is 167 Å². The van der Waals surface area contributed by atoms with Gasteiger partial charge in [-0.25, -0.2) is 0 Å². The summed E-state index contributed by atoms with van der Waals surface area (Å²) >= 11 is 0. The quantitative estimate of drug-likeness (QED) is 0.300. The number of aldehydes is 1. The Bertz CT molecular complexity index is 515. The second-order valence-electron chi connectivity index (χ2n) is 7.93. The molecule has 2 rings (SSSR count). The molecule has 2 fully saturated rings. The van der Waals surface area contributed by atoms with Crippen LogP contribution in [0.2, 0.25) is 0 Å². The number of rotatable bonds is 11. The van der Waals surface area contributed by atoms with Crippen molar-refractivity contribution in [3.05, 3.63) is 0 Å². The third-order valence-electron chi connectivity index (χ3n) is 5.75. The maximum absolute atomic E-state index is 12.1. The molecular formula is C21H34O7. The zero-order chi connectivity index (χ0) is 20.4. The Morgan fingerprint density at radius 2 is 1.96 bits per heavy atom. The number of unbranched alkanes of at least 4 members (excludes halogenated alkanes) is 3. The van der Waals surface area contributed by atoms with Crippen LogP contribution in [0.5, 0.6) is 0 Å². The number of ether oxygens (including phenoxy) is 4. The Hall–Kier alpha value is -1.47. The highest BCUT2D eigenvalue weighted by Crippen LogP contribution is 2.45. The van der Waals surface area contributed by atoms with Gasteiger partial charge in [0, 0.05) is 26.4 Å². The van der Waals surface area contributed by atoms with E-state index in [0.717, 1.165) is 51.2 Å². The van der Waals surface area contributed by atoms with Gasteiger partial charge in [0.2, 0.25) is 0 Å². The highest BCUT2D eigenvalue weighted by Gasteiger charge is 2.50. The monoisotopic (exact) mass is 398 g/mol. The molecule has 1 aliphatic carbocycles. The van der Waals surface area contributed by atoms with Crippen molar-refractivity contribution in [2.45, 2.75) is 96.1 Å². The maximum Gasteiger partial charge on any atom is 0.305 e. The second-order valence-corrected chi connectivity index (χ2v) is 7.93. The molecule has 1 saturated carbocycles. The molecule has 0 aromatic heterocycles. The van der Waals surface area contributed by atoms with Crippen molar-refractivity contribution in [3.8, 4) is 0 Å². The van der Waals surface area contributed by atoms with E-state index in [9.17, 15) is 14.4 Å². The fraction of sp³-hybridized carbons (Fsp3) is 0.857. The lowest BCUT2D eigenvalue weighted by Gasteiger charge is -2.29. The topological polar surface area (TPSA) is 88.1 Å². The van der Waals surface area contributed by atoms with E-state index in [-0.39, 0.29) is 24.3 Å². The van der Waals surface area contributed by atoms with Crippen LogP contribution in [0.25, 0.3) is 0 Å². The fourth-order valence-corrected chi connectivity index (χ4v) is 4.24. The summed E-state index contributed by atoms with van der Waals surface area (Å²) < 4.78 is 21.9. The standard InChI is InChI=1S/C21H34O7/c1-16(23)27-18-13-17(28-20-10-6-8-12-26-20)14-21(18,15-22)11-7-4-3-5-9-19(24)25-2/h15,17-18,20H,3-14H2,1-2H3/t17-,18-,20?,21-/m0/s1. The van der Waals surface area contributed by atoms with Crippen molar-refractivity contribution in [1.82, 2.24) is 0 Å². The maximum atomic E-state index is 12.1. The molecule has 1 saturated heterocycles. The lowest BCUT2D eigenvalue weighted by molar-refractivity contribution is -0.188. The van der Waals surface area contributed by atoms with Crippen LogP contribution in [-0.2, 0) is 33.3 Å². The molecule has 7 heteroatoms. The first-order valence-electron chi connectivity index (χ1n) is 10.5. The SMILES string of the molecule is COC(=O)CCCCCC[C@@]1(C=O)C[C@@H](OC2CCCCO2)C[C@@H]1OC(C)=O. The summed E-state index contributed by atoms with van der Waals surface area (Å²) in [4.78, 5) is 34.8. The predicted molar refractivity (Wildman–Crippen MR) is 101 cm³/mol. The van der Waals surface area contributed by atoms with Crippen molar-refractivity contribution >= 4 is 18.2 Å². The molecule has 0 aromatic rings. The zero-order valence-corrected chi connectivity index (χ0v) is 17.2. The first-order chi connectivity index (χ1) is 13.5. The summed E-state index contributed by atoms with van der Waals surface area (Å²) in [5, 5.41) is 0.